The van der Waals surface area contributed by atoms with E-state index in [1.807, 2.05) is 10.6 Å². The standard InChI is InChI=1S/C16H15N3O2/c1-9-6-13-14(7-10(9)2)19(8-17-13)15-5-4-12(16(20)21)11(3)18-15/h4-8H,1-3H3,(H,20,21). The molecule has 1 N–H and O–H groups in total. The summed E-state index contributed by atoms with van der Waals surface area (Å²) in [4.78, 5) is 19.8. The van der Waals surface area contributed by atoms with Crippen molar-refractivity contribution >= 4 is 17.0 Å². The first-order valence-corrected chi connectivity index (χ1v) is 6.63. The van der Waals surface area contributed by atoms with Gasteiger partial charge in [-0.3, -0.25) is 4.57 Å². The smallest absolute Gasteiger partial charge is 0.337 e. The number of hydrogen-bond acceptors (Lipinski definition) is 3. The second-order valence-corrected chi connectivity index (χ2v) is 5.15. The van der Waals surface area contributed by atoms with Gasteiger partial charge in [0.1, 0.15) is 12.1 Å². The Bertz CT molecular complexity index is 865. The maximum Gasteiger partial charge on any atom is 0.337 e. The van der Waals surface area contributed by atoms with Crippen molar-refractivity contribution in [2.45, 2.75) is 20.8 Å². The number of carboxylic acid groups (broad SMARTS) is 1. The van der Waals surface area contributed by atoms with Gasteiger partial charge >= 0.3 is 5.97 Å². The zero-order valence-corrected chi connectivity index (χ0v) is 12.1. The third-order valence-electron chi connectivity index (χ3n) is 3.71. The van der Waals surface area contributed by atoms with Crippen molar-refractivity contribution in [3.8, 4) is 5.82 Å². The van der Waals surface area contributed by atoms with Crippen LogP contribution in [0.25, 0.3) is 16.9 Å². The van der Waals surface area contributed by atoms with Crippen molar-refractivity contribution in [3.63, 3.8) is 0 Å². The van der Waals surface area contributed by atoms with Gasteiger partial charge in [0.2, 0.25) is 0 Å². The molecular weight excluding hydrogens is 266 g/mol. The first-order valence-electron chi connectivity index (χ1n) is 6.63. The molecule has 0 unspecified atom stereocenters. The summed E-state index contributed by atoms with van der Waals surface area (Å²) in [6.45, 7) is 5.80. The van der Waals surface area contributed by atoms with Gasteiger partial charge in [0, 0.05) is 0 Å². The summed E-state index contributed by atoms with van der Waals surface area (Å²) >= 11 is 0. The molecule has 3 rings (SSSR count). The van der Waals surface area contributed by atoms with E-state index in [1.54, 1.807) is 25.4 Å². The molecule has 0 saturated carbocycles. The Kier molecular flexibility index (Phi) is 2.97. The SMILES string of the molecule is Cc1cc2ncn(-c3ccc(C(=O)O)c(C)n3)c2cc1C. The Morgan fingerprint density at radius 1 is 1.14 bits per heavy atom. The van der Waals surface area contributed by atoms with Crippen LogP contribution in [0.2, 0.25) is 0 Å². The summed E-state index contributed by atoms with van der Waals surface area (Å²) < 4.78 is 1.88. The maximum absolute atomic E-state index is 11.1. The van der Waals surface area contributed by atoms with E-state index in [4.69, 9.17) is 5.11 Å². The van der Waals surface area contributed by atoms with Crippen LogP contribution in [0.15, 0.2) is 30.6 Å². The Morgan fingerprint density at radius 3 is 2.52 bits per heavy atom. The Morgan fingerprint density at radius 2 is 1.86 bits per heavy atom. The minimum Gasteiger partial charge on any atom is -0.478 e. The highest BCUT2D eigenvalue weighted by Crippen LogP contribution is 2.21. The number of aromatic nitrogens is 3. The number of carbonyl (C=O) groups is 1. The lowest BCUT2D eigenvalue weighted by Crippen LogP contribution is -2.05. The molecule has 0 radical (unpaired) electrons. The summed E-state index contributed by atoms with van der Waals surface area (Å²) in [5.74, 6) is -0.295. The third kappa shape index (κ3) is 2.16. The van der Waals surface area contributed by atoms with Crippen LogP contribution in [0.1, 0.15) is 27.2 Å². The second-order valence-electron chi connectivity index (χ2n) is 5.15. The van der Waals surface area contributed by atoms with Crippen LogP contribution in [-0.2, 0) is 0 Å². The lowest BCUT2D eigenvalue weighted by atomic mass is 10.1. The highest BCUT2D eigenvalue weighted by molar-refractivity contribution is 5.89. The van der Waals surface area contributed by atoms with Gasteiger partial charge < -0.3 is 5.11 Å². The zero-order chi connectivity index (χ0) is 15.1. The van der Waals surface area contributed by atoms with Crippen LogP contribution >= 0.6 is 0 Å². The first-order chi connectivity index (χ1) is 9.97. The van der Waals surface area contributed by atoms with Crippen LogP contribution in [0.4, 0.5) is 0 Å². The number of aromatic carboxylic acids is 1. The van der Waals surface area contributed by atoms with Gasteiger partial charge in [0.15, 0.2) is 0 Å². The van der Waals surface area contributed by atoms with E-state index < -0.39 is 5.97 Å². The van der Waals surface area contributed by atoms with Crippen molar-refractivity contribution in [2.24, 2.45) is 0 Å². The number of aryl methyl sites for hydroxylation is 3. The molecule has 5 heteroatoms. The summed E-state index contributed by atoms with van der Waals surface area (Å²) in [5.41, 5.74) is 4.95. The Hall–Kier alpha value is -2.69. The van der Waals surface area contributed by atoms with E-state index in [0.29, 0.717) is 11.5 Å². The van der Waals surface area contributed by atoms with Crippen molar-refractivity contribution in [3.05, 3.63) is 53.0 Å². The lowest BCUT2D eigenvalue weighted by molar-refractivity contribution is 0.0695. The number of benzene rings is 1. The number of pyridine rings is 1. The number of rotatable bonds is 2. The van der Waals surface area contributed by atoms with Crippen molar-refractivity contribution < 1.29 is 9.90 Å². The quantitative estimate of drug-likeness (QED) is 0.784. The van der Waals surface area contributed by atoms with E-state index in [9.17, 15) is 4.79 Å². The average molecular weight is 281 g/mol. The molecule has 0 aliphatic rings. The molecule has 0 aliphatic heterocycles. The fraction of sp³-hybridized carbons (Fsp3) is 0.188. The minimum absolute atomic E-state index is 0.218. The largest absolute Gasteiger partial charge is 0.478 e. The van der Waals surface area contributed by atoms with E-state index in [2.05, 4.69) is 29.9 Å². The molecule has 106 valence electrons. The second kappa shape index (κ2) is 4.70. The van der Waals surface area contributed by atoms with Crippen LogP contribution < -0.4 is 0 Å². The molecule has 0 amide bonds. The van der Waals surface area contributed by atoms with E-state index >= 15 is 0 Å². The molecule has 0 saturated heterocycles. The average Bonchev–Trinajstić information content (AvgIpc) is 2.81. The van der Waals surface area contributed by atoms with Crippen LogP contribution in [0, 0.1) is 20.8 Å². The van der Waals surface area contributed by atoms with Gasteiger partial charge in [0.25, 0.3) is 0 Å². The van der Waals surface area contributed by atoms with E-state index in [1.165, 1.54) is 11.1 Å². The van der Waals surface area contributed by atoms with Gasteiger partial charge in [-0.25, -0.2) is 14.8 Å². The molecule has 0 bridgehead atoms. The molecule has 5 nitrogen and oxygen atoms in total. The normalized spacial score (nSPS) is 11.0. The van der Waals surface area contributed by atoms with Crippen LogP contribution in [-0.4, -0.2) is 25.6 Å². The lowest BCUT2D eigenvalue weighted by Gasteiger charge is -2.07. The molecule has 0 atom stereocenters. The molecule has 3 aromatic rings. The molecule has 0 fully saturated rings. The summed E-state index contributed by atoms with van der Waals surface area (Å²) in [6, 6.07) is 7.39. The number of carboxylic acids is 1. The van der Waals surface area contributed by atoms with Crippen LogP contribution in [0.3, 0.4) is 0 Å². The van der Waals surface area contributed by atoms with Gasteiger partial charge in [-0.05, 0) is 56.2 Å². The van der Waals surface area contributed by atoms with Gasteiger partial charge in [-0.15, -0.1) is 0 Å². The number of imidazole rings is 1. The molecule has 0 spiro atoms. The van der Waals surface area contributed by atoms with Crippen LogP contribution in [0.5, 0.6) is 0 Å². The third-order valence-corrected chi connectivity index (χ3v) is 3.71. The van der Waals surface area contributed by atoms with Crippen molar-refractivity contribution in [1.82, 2.24) is 14.5 Å². The molecule has 0 aliphatic carbocycles. The van der Waals surface area contributed by atoms with Gasteiger partial charge in [-0.1, -0.05) is 0 Å². The molecular formula is C16H15N3O2. The molecule has 2 aromatic heterocycles. The first kappa shape index (κ1) is 13.3. The number of fused-ring (bicyclic) bond motifs is 1. The summed E-state index contributed by atoms with van der Waals surface area (Å²) in [7, 11) is 0. The number of hydrogen-bond donors (Lipinski definition) is 1. The van der Waals surface area contributed by atoms with Crippen molar-refractivity contribution in [1.29, 1.82) is 0 Å². The summed E-state index contributed by atoms with van der Waals surface area (Å²) in [6.07, 6.45) is 1.71. The minimum atomic E-state index is -0.964. The highest BCUT2D eigenvalue weighted by Gasteiger charge is 2.12. The maximum atomic E-state index is 11.1. The highest BCUT2D eigenvalue weighted by atomic mass is 16.4. The topological polar surface area (TPSA) is 68.0 Å². The van der Waals surface area contributed by atoms with E-state index in [-0.39, 0.29) is 5.56 Å². The van der Waals surface area contributed by atoms with E-state index in [0.717, 1.165) is 11.0 Å². The predicted molar refractivity (Wildman–Crippen MR) is 80.0 cm³/mol. The molecule has 2 heterocycles. The number of nitrogens with zero attached hydrogens (tertiary/aromatic N) is 3. The summed E-state index contributed by atoms with van der Waals surface area (Å²) in [5, 5.41) is 9.07. The fourth-order valence-electron chi connectivity index (χ4n) is 2.35. The zero-order valence-electron chi connectivity index (χ0n) is 12.1. The predicted octanol–water partition coefficient (Wildman–Crippen LogP) is 3.04. The van der Waals surface area contributed by atoms with Crippen molar-refractivity contribution in [2.75, 3.05) is 0 Å². The molecule has 21 heavy (non-hydrogen) atoms. The Labute approximate surface area is 121 Å². The molecule has 1 aromatic carbocycles. The Balaban J connectivity index is 2.19. The van der Waals surface area contributed by atoms with Gasteiger partial charge in [0.05, 0.1) is 22.3 Å². The van der Waals surface area contributed by atoms with Gasteiger partial charge in [-0.2, -0.15) is 0 Å². The fourth-order valence-corrected chi connectivity index (χ4v) is 2.35. The monoisotopic (exact) mass is 281 g/mol.